The molecule has 0 bridgehead atoms. The summed E-state index contributed by atoms with van der Waals surface area (Å²) in [6, 6.07) is 0. The van der Waals surface area contributed by atoms with Crippen LogP contribution in [-0.2, 0) is 14.2 Å². The van der Waals surface area contributed by atoms with Crippen molar-refractivity contribution in [2.75, 3.05) is 20.3 Å². The van der Waals surface area contributed by atoms with Crippen molar-refractivity contribution in [3.8, 4) is 0 Å². The second kappa shape index (κ2) is 3.91. The molecule has 60 valence electrons. The van der Waals surface area contributed by atoms with Gasteiger partial charge in [-0.15, -0.1) is 0 Å². The maximum Gasteiger partial charge on any atom is 0.154 e. The topological polar surface area (TPSA) is 27.7 Å². The van der Waals surface area contributed by atoms with Crippen LogP contribution in [0, 0.1) is 0 Å². The number of ether oxygens (including phenoxy) is 3. The van der Waals surface area contributed by atoms with Gasteiger partial charge in [0.05, 0.1) is 19.3 Å². The molecule has 1 heterocycles. The van der Waals surface area contributed by atoms with Gasteiger partial charge in [-0.3, -0.25) is 0 Å². The van der Waals surface area contributed by atoms with E-state index in [-0.39, 0.29) is 12.4 Å². The second-order valence-electron chi connectivity index (χ2n) is 2.42. The lowest BCUT2D eigenvalue weighted by Gasteiger charge is -2.10. The van der Waals surface area contributed by atoms with Gasteiger partial charge < -0.3 is 14.2 Å². The van der Waals surface area contributed by atoms with Gasteiger partial charge in [-0.1, -0.05) is 0 Å². The van der Waals surface area contributed by atoms with E-state index in [1.54, 1.807) is 7.11 Å². The van der Waals surface area contributed by atoms with E-state index >= 15 is 0 Å². The quantitative estimate of drug-likeness (QED) is 0.547. The van der Waals surface area contributed by atoms with Crippen LogP contribution in [0.25, 0.3) is 0 Å². The molecule has 0 N–H and O–H groups in total. The van der Waals surface area contributed by atoms with Gasteiger partial charge in [0.15, 0.2) is 6.29 Å². The van der Waals surface area contributed by atoms with Gasteiger partial charge in [0, 0.05) is 7.11 Å². The zero-order valence-corrected chi connectivity index (χ0v) is 6.50. The number of hydrogen-bond acceptors (Lipinski definition) is 3. The minimum Gasteiger partial charge on any atom is -0.379 e. The molecule has 1 aliphatic heterocycles. The van der Waals surface area contributed by atoms with Gasteiger partial charge in [-0.05, 0) is 13.3 Å². The average molecular weight is 146 g/mol. The summed E-state index contributed by atoms with van der Waals surface area (Å²) in [6.07, 6.45) is 1.07. The Morgan fingerprint density at radius 3 is 2.90 bits per heavy atom. The van der Waals surface area contributed by atoms with Crippen LogP contribution >= 0.6 is 0 Å². The number of methoxy groups -OCH3 is 1. The van der Waals surface area contributed by atoms with Crippen LogP contribution in [-0.4, -0.2) is 32.7 Å². The molecule has 0 unspecified atom stereocenters. The minimum absolute atomic E-state index is 0.0693. The molecule has 2 atom stereocenters. The predicted molar refractivity (Wildman–Crippen MR) is 36.8 cm³/mol. The average Bonchev–Trinajstić information content (AvgIpc) is 2.14. The molecule has 0 spiro atoms. The van der Waals surface area contributed by atoms with Crippen molar-refractivity contribution in [1.82, 2.24) is 0 Å². The van der Waals surface area contributed by atoms with E-state index in [9.17, 15) is 0 Å². The lowest BCUT2D eigenvalue weighted by atomic mass is 10.3. The fourth-order valence-electron chi connectivity index (χ4n) is 0.926. The predicted octanol–water partition coefficient (Wildman–Crippen LogP) is 0.784. The van der Waals surface area contributed by atoms with Gasteiger partial charge in [0.2, 0.25) is 0 Å². The summed E-state index contributed by atoms with van der Waals surface area (Å²) in [5.74, 6) is 0. The Morgan fingerprint density at radius 1 is 1.40 bits per heavy atom. The molecule has 0 radical (unpaired) electrons. The third-order valence-corrected chi connectivity index (χ3v) is 1.64. The third-order valence-electron chi connectivity index (χ3n) is 1.64. The Bertz CT molecular complexity index is 94.9. The lowest BCUT2D eigenvalue weighted by molar-refractivity contribution is -0.120. The molecule has 0 aromatic carbocycles. The molecule has 0 amide bonds. The van der Waals surface area contributed by atoms with Crippen molar-refractivity contribution in [2.24, 2.45) is 0 Å². The molecule has 0 aromatic heterocycles. The first kappa shape index (κ1) is 7.98. The zero-order chi connectivity index (χ0) is 7.40. The molecule has 1 aliphatic rings. The van der Waals surface area contributed by atoms with Gasteiger partial charge in [0.25, 0.3) is 0 Å². The van der Waals surface area contributed by atoms with E-state index in [1.807, 2.05) is 6.92 Å². The van der Waals surface area contributed by atoms with Crippen LogP contribution in [0.1, 0.15) is 13.3 Å². The maximum atomic E-state index is 5.26. The molecule has 1 fully saturated rings. The van der Waals surface area contributed by atoms with E-state index in [0.717, 1.165) is 13.0 Å². The second-order valence-corrected chi connectivity index (χ2v) is 2.42. The Kier molecular flexibility index (Phi) is 3.12. The third kappa shape index (κ3) is 2.25. The number of hydrogen-bond donors (Lipinski definition) is 0. The SMILES string of the molecule is CO[C@H]1CCO[C@@H](C)OC1. The Hall–Kier alpha value is -0.120. The summed E-state index contributed by atoms with van der Waals surface area (Å²) in [6.45, 7) is 3.29. The van der Waals surface area contributed by atoms with Gasteiger partial charge in [-0.25, -0.2) is 0 Å². The van der Waals surface area contributed by atoms with E-state index in [2.05, 4.69) is 0 Å². The molecule has 3 nitrogen and oxygen atoms in total. The maximum absolute atomic E-state index is 5.26. The highest BCUT2D eigenvalue weighted by molar-refractivity contribution is 4.58. The van der Waals surface area contributed by atoms with Crippen LogP contribution in [0.3, 0.4) is 0 Å². The Balaban J connectivity index is 2.26. The van der Waals surface area contributed by atoms with Crippen LogP contribution in [0.15, 0.2) is 0 Å². The molecule has 0 aliphatic carbocycles. The fourth-order valence-corrected chi connectivity index (χ4v) is 0.926. The standard InChI is InChI=1S/C7H14O3/c1-6-9-4-3-7(8-2)5-10-6/h6-7H,3-5H2,1-2H3/t6-,7+/m1/s1. The summed E-state index contributed by atoms with van der Waals surface area (Å²) >= 11 is 0. The zero-order valence-electron chi connectivity index (χ0n) is 6.50. The largest absolute Gasteiger partial charge is 0.379 e. The molecule has 10 heavy (non-hydrogen) atoms. The molecule has 3 heteroatoms. The smallest absolute Gasteiger partial charge is 0.154 e. The highest BCUT2D eigenvalue weighted by Gasteiger charge is 2.15. The Labute approximate surface area is 61.3 Å². The van der Waals surface area contributed by atoms with Crippen LogP contribution < -0.4 is 0 Å². The summed E-state index contributed by atoms with van der Waals surface area (Å²) < 4.78 is 15.6. The first-order chi connectivity index (χ1) is 4.83. The van der Waals surface area contributed by atoms with E-state index in [4.69, 9.17) is 14.2 Å². The van der Waals surface area contributed by atoms with Crippen molar-refractivity contribution in [3.05, 3.63) is 0 Å². The molecule has 1 saturated heterocycles. The van der Waals surface area contributed by atoms with Crippen LogP contribution in [0.2, 0.25) is 0 Å². The van der Waals surface area contributed by atoms with Crippen molar-refractivity contribution in [3.63, 3.8) is 0 Å². The number of rotatable bonds is 1. The lowest BCUT2D eigenvalue weighted by Crippen LogP contribution is -2.17. The molecule has 1 rings (SSSR count). The minimum atomic E-state index is -0.0693. The molecule has 0 aromatic rings. The summed E-state index contributed by atoms with van der Waals surface area (Å²) in [4.78, 5) is 0. The van der Waals surface area contributed by atoms with Crippen molar-refractivity contribution < 1.29 is 14.2 Å². The van der Waals surface area contributed by atoms with Crippen molar-refractivity contribution >= 4 is 0 Å². The van der Waals surface area contributed by atoms with E-state index in [0.29, 0.717) is 6.61 Å². The van der Waals surface area contributed by atoms with E-state index in [1.165, 1.54) is 0 Å². The summed E-state index contributed by atoms with van der Waals surface area (Å²) in [5, 5.41) is 0. The molecule has 0 saturated carbocycles. The molecular weight excluding hydrogens is 132 g/mol. The monoisotopic (exact) mass is 146 g/mol. The van der Waals surface area contributed by atoms with Crippen LogP contribution in [0.4, 0.5) is 0 Å². The van der Waals surface area contributed by atoms with E-state index < -0.39 is 0 Å². The highest BCUT2D eigenvalue weighted by Crippen LogP contribution is 2.07. The van der Waals surface area contributed by atoms with Crippen molar-refractivity contribution in [1.29, 1.82) is 0 Å². The van der Waals surface area contributed by atoms with Gasteiger partial charge >= 0.3 is 0 Å². The first-order valence-corrected chi connectivity index (χ1v) is 3.59. The fraction of sp³-hybridized carbons (Fsp3) is 1.00. The molecular formula is C7H14O3. The highest BCUT2D eigenvalue weighted by atomic mass is 16.7. The summed E-state index contributed by atoms with van der Waals surface area (Å²) in [7, 11) is 1.70. The first-order valence-electron chi connectivity index (χ1n) is 3.59. The van der Waals surface area contributed by atoms with Gasteiger partial charge in [0.1, 0.15) is 0 Å². The normalized spacial score (nSPS) is 35.4. The summed E-state index contributed by atoms with van der Waals surface area (Å²) in [5.41, 5.74) is 0. The Morgan fingerprint density at radius 2 is 2.20 bits per heavy atom. The van der Waals surface area contributed by atoms with Crippen LogP contribution in [0.5, 0.6) is 0 Å². The van der Waals surface area contributed by atoms with Gasteiger partial charge in [-0.2, -0.15) is 0 Å². The van der Waals surface area contributed by atoms with Crippen molar-refractivity contribution in [2.45, 2.75) is 25.7 Å².